The van der Waals surface area contributed by atoms with Gasteiger partial charge in [-0.3, -0.25) is 14.4 Å². The Morgan fingerprint density at radius 3 is 2.29 bits per heavy atom. The van der Waals surface area contributed by atoms with Crippen LogP contribution in [0.25, 0.3) is 0 Å². The van der Waals surface area contributed by atoms with E-state index in [1.165, 1.54) is 13.8 Å². The number of hydrogen-bond donors (Lipinski definition) is 5. The van der Waals surface area contributed by atoms with Crippen molar-refractivity contribution in [1.29, 1.82) is 0 Å². The molecule has 28 heavy (non-hydrogen) atoms. The minimum absolute atomic E-state index is 0.194. The molecule has 0 aromatic rings. The van der Waals surface area contributed by atoms with Crippen LogP contribution in [-0.2, 0) is 24.2 Å². The molecule has 2 atom stereocenters. The number of sulfone groups is 1. The van der Waals surface area contributed by atoms with Gasteiger partial charge in [0.2, 0.25) is 11.7 Å². The SMILES string of the molecule is CC(C)(CO)[C@@H](O)C(=O)NCCC(=O)C(=O)NC(C1CCNCC1)S(C)(=O)=O. The molecule has 0 aromatic carbocycles. The fourth-order valence-corrected chi connectivity index (χ4v) is 4.17. The van der Waals surface area contributed by atoms with E-state index in [2.05, 4.69) is 16.0 Å². The van der Waals surface area contributed by atoms with Gasteiger partial charge >= 0.3 is 0 Å². The molecule has 0 saturated carbocycles. The molecule has 0 aromatic heterocycles. The summed E-state index contributed by atoms with van der Waals surface area (Å²) in [7, 11) is -3.60. The van der Waals surface area contributed by atoms with Gasteiger partial charge in [-0.05, 0) is 31.8 Å². The lowest BCUT2D eigenvalue weighted by molar-refractivity contribution is -0.139. The van der Waals surface area contributed by atoms with Gasteiger partial charge in [-0.25, -0.2) is 8.42 Å². The molecule has 1 aliphatic heterocycles. The van der Waals surface area contributed by atoms with Gasteiger partial charge in [-0.1, -0.05) is 13.8 Å². The van der Waals surface area contributed by atoms with E-state index >= 15 is 0 Å². The van der Waals surface area contributed by atoms with Crippen LogP contribution in [0.1, 0.15) is 33.1 Å². The highest BCUT2D eigenvalue weighted by atomic mass is 32.2. The average Bonchev–Trinajstić information content (AvgIpc) is 2.64. The van der Waals surface area contributed by atoms with Crippen molar-refractivity contribution in [1.82, 2.24) is 16.0 Å². The maximum absolute atomic E-state index is 12.1. The number of rotatable bonds is 10. The van der Waals surface area contributed by atoms with E-state index in [1.807, 2.05) is 0 Å². The standard InChI is InChI=1S/C17H31N3O7S/c1-17(2,10-21)13(23)15(25)19-9-6-12(22)14(24)20-16(28(3,26)27)11-4-7-18-8-5-11/h11,13,16,18,21,23H,4-10H2,1-3H3,(H,19,25)(H,20,24)/t13-,16?/m0/s1. The van der Waals surface area contributed by atoms with Gasteiger partial charge in [-0.15, -0.1) is 0 Å². The Hall–Kier alpha value is -1.56. The summed E-state index contributed by atoms with van der Waals surface area (Å²) >= 11 is 0. The highest BCUT2D eigenvalue weighted by Gasteiger charge is 2.35. The summed E-state index contributed by atoms with van der Waals surface area (Å²) in [6, 6.07) is 0. The number of piperidine rings is 1. The number of amides is 2. The predicted octanol–water partition coefficient (Wildman–Crippen LogP) is -2.07. The third kappa shape index (κ3) is 7.12. The van der Waals surface area contributed by atoms with Crippen LogP contribution in [0.2, 0.25) is 0 Å². The molecule has 1 aliphatic rings. The van der Waals surface area contributed by atoms with E-state index in [0.717, 1.165) is 6.26 Å². The number of aliphatic hydroxyl groups is 2. The lowest BCUT2D eigenvalue weighted by atomic mass is 9.87. The van der Waals surface area contributed by atoms with Gasteiger partial charge in [0.1, 0.15) is 11.5 Å². The molecule has 1 heterocycles. The normalized spacial score (nSPS) is 18.2. The lowest BCUT2D eigenvalue weighted by Crippen LogP contribution is -2.50. The van der Waals surface area contributed by atoms with E-state index in [0.29, 0.717) is 25.9 Å². The van der Waals surface area contributed by atoms with Crippen molar-refractivity contribution in [3.8, 4) is 0 Å². The Balaban J connectivity index is 2.57. The molecule has 0 radical (unpaired) electrons. The first kappa shape index (κ1) is 24.5. The van der Waals surface area contributed by atoms with Crippen LogP contribution in [0.3, 0.4) is 0 Å². The van der Waals surface area contributed by atoms with Gasteiger partial charge < -0.3 is 26.2 Å². The van der Waals surface area contributed by atoms with Crippen LogP contribution in [0, 0.1) is 11.3 Å². The van der Waals surface area contributed by atoms with E-state index < -0.39 is 50.9 Å². The molecular weight excluding hydrogens is 390 g/mol. The summed E-state index contributed by atoms with van der Waals surface area (Å²) < 4.78 is 24.1. The molecule has 1 unspecified atom stereocenters. The van der Waals surface area contributed by atoms with Gasteiger partial charge in [0.25, 0.3) is 5.91 Å². The Labute approximate surface area is 165 Å². The van der Waals surface area contributed by atoms with Crippen molar-refractivity contribution in [2.45, 2.75) is 44.6 Å². The van der Waals surface area contributed by atoms with E-state index in [9.17, 15) is 27.9 Å². The number of nitrogens with one attached hydrogen (secondary N) is 3. The zero-order valence-corrected chi connectivity index (χ0v) is 17.3. The van der Waals surface area contributed by atoms with E-state index in [4.69, 9.17) is 5.11 Å². The highest BCUT2D eigenvalue weighted by molar-refractivity contribution is 7.91. The van der Waals surface area contributed by atoms with Gasteiger partial charge in [0.15, 0.2) is 9.84 Å². The molecule has 1 fully saturated rings. The first-order chi connectivity index (χ1) is 12.9. The van der Waals surface area contributed by atoms with Gasteiger partial charge in [-0.2, -0.15) is 0 Å². The van der Waals surface area contributed by atoms with Crippen molar-refractivity contribution in [2.24, 2.45) is 11.3 Å². The summed E-state index contributed by atoms with van der Waals surface area (Å²) in [5, 5.41) is 25.6. The molecule has 10 nitrogen and oxygen atoms in total. The van der Waals surface area contributed by atoms with E-state index in [1.54, 1.807) is 0 Å². The molecule has 2 amide bonds. The number of hydrogen-bond acceptors (Lipinski definition) is 8. The van der Waals surface area contributed by atoms with Gasteiger partial charge in [0, 0.05) is 24.6 Å². The Kier molecular flexibility index (Phi) is 8.99. The maximum atomic E-state index is 12.1. The molecule has 0 bridgehead atoms. The quantitative estimate of drug-likeness (QED) is 0.251. The molecular formula is C17H31N3O7S. The molecule has 1 saturated heterocycles. The second kappa shape index (κ2) is 10.3. The molecule has 1 rings (SSSR count). The highest BCUT2D eigenvalue weighted by Crippen LogP contribution is 2.20. The second-order valence-corrected chi connectivity index (χ2v) is 9.99. The Morgan fingerprint density at radius 2 is 1.79 bits per heavy atom. The number of aliphatic hydroxyl groups excluding tert-OH is 2. The third-order valence-corrected chi connectivity index (χ3v) is 6.27. The summed E-state index contributed by atoms with van der Waals surface area (Å²) in [6.45, 7) is 3.68. The number of Topliss-reactive ketones (excluding diaryl/α,β-unsaturated/α-hetero) is 1. The zero-order chi connectivity index (χ0) is 21.5. The minimum Gasteiger partial charge on any atom is -0.396 e. The number of ketones is 1. The topological polar surface area (TPSA) is 162 Å². The van der Waals surface area contributed by atoms with Crippen LogP contribution in [-0.4, -0.2) is 80.2 Å². The monoisotopic (exact) mass is 421 g/mol. The van der Waals surface area contributed by atoms with Gasteiger partial charge in [0.05, 0.1) is 6.61 Å². The van der Waals surface area contributed by atoms with Crippen molar-refractivity contribution >= 4 is 27.4 Å². The number of carbonyl (C=O) groups excluding carboxylic acids is 3. The maximum Gasteiger partial charge on any atom is 0.288 e. The van der Waals surface area contributed by atoms with Crippen molar-refractivity contribution in [2.75, 3.05) is 32.5 Å². The molecule has 5 N–H and O–H groups in total. The predicted molar refractivity (Wildman–Crippen MR) is 102 cm³/mol. The second-order valence-electron chi connectivity index (χ2n) is 7.82. The van der Waals surface area contributed by atoms with Crippen LogP contribution < -0.4 is 16.0 Å². The molecule has 0 aliphatic carbocycles. The van der Waals surface area contributed by atoms with Crippen LogP contribution in [0.15, 0.2) is 0 Å². The van der Waals surface area contributed by atoms with Crippen LogP contribution in [0.4, 0.5) is 0 Å². The molecule has 162 valence electrons. The van der Waals surface area contributed by atoms with E-state index in [-0.39, 0.29) is 18.9 Å². The minimum atomic E-state index is -3.60. The third-order valence-electron chi connectivity index (χ3n) is 4.85. The Morgan fingerprint density at radius 1 is 1.21 bits per heavy atom. The van der Waals surface area contributed by atoms with Crippen LogP contribution >= 0.6 is 0 Å². The molecule has 0 spiro atoms. The smallest absolute Gasteiger partial charge is 0.288 e. The molecule has 11 heteroatoms. The fraction of sp³-hybridized carbons (Fsp3) is 0.824. The zero-order valence-electron chi connectivity index (χ0n) is 16.5. The first-order valence-electron chi connectivity index (χ1n) is 9.20. The van der Waals surface area contributed by atoms with Crippen molar-refractivity contribution in [3.05, 3.63) is 0 Å². The summed E-state index contributed by atoms with van der Waals surface area (Å²) in [6.07, 6.45) is 0.347. The number of carbonyl (C=O) groups is 3. The largest absolute Gasteiger partial charge is 0.396 e. The van der Waals surface area contributed by atoms with Crippen molar-refractivity contribution in [3.63, 3.8) is 0 Å². The summed E-state index contributed by atoms with van der Waals surface area (Å²) in [4.78, 5) is 36.0. The first-order valence-corrected chi connectivity index (χ1v) is 11.2. The summed E-state index contributed by atoms with van der Waals surface area (Å²) in [5.74, 6) is -2.92. The summed E-state index contributed by atoms with van der Waals surface area (Å²) in [5.41, 5.74) is -1.05. The van der Waals surface area contributed by atoms with Crippen molar-refractivity contribution < 1.29 is 33.0 Å². The van der Waals surface area contributed by atoms with Crippen LogP contribution in [0.5, 0.6) is 0 Å². The average molecular weight is 422 g/mol. The lowest BCUT2D eigenvalue weighted by Gasteiger charge is -2.29. The fourth-order valence-electron chi connectivity index (χ4n) is 2.88. The Bertz CT molecular complexity index is 672.